The zero-order chi connectivity index (χ0) is 29.6. The molecule has 0 bridgehead atoms. The Hall–Kier alpha value is -1.16. The summed E-state index contributed by atoms with van der Waals surface area (Å²) in [4.78, 5) is 2.66. The molecule has 39 heavy (non-hydrogen) atoms. The summed E-state index contributed by atoms with van der Waals surface area (Å²) in [6.07, 6.45) is 15.8. The maximum absolute atomic E-state index is 14.0. The fourth-order valence-corrected chi connectivity index (χ4v) is 8.34. The highest BCUT2D eigenvalue weighted by Gasteiger charge is 2.53. The minimum atomic E-state index is -3.85. The number of sulfone groups is 1. The molecular formula is C33H59NO3SSi. The van der Waals surface area contributed by atoms with Crippen molar-refractivity contribution >= 4 is 18.2 Å². The van der Waals surface area contributed by atoms with Crippen molar-refractivity contribution < 1.29 is 12.8 Å². The van der Waals surface area contributed by atoms with Gasteiger partial charge in [0.2, 0.25) is 0 Å². The van der Waals surface area contributed by atoms with Crippen LogP contribution >= 0.6 is 0 Å². The van der Waals surface area contributed by atoms with E-state index >= 15 is 0 Å². The molecule has 0 aliphatic carbocycles. The number of aryl methyl sites for hydroxylation is 1. The summed E-state index contributed by atoms with van der Waals surface area (Å²) in [5.74, 6) is 0. The van der Waals surface area contributed by atoms with Crippen LogP contribution in [0.5, 0.6) is 0 Å². The van der Waals surface area contributed by atoms with Crippen molar-refractivity contribution in [3.63, 3.8) is 0 Å². The van der Waals surface area contributed by atoms with Gasteiger partial charge >= 0.3 is 4.87 Å². The number of rotatable bonds is 20. The standard InChI is InChI=1S/C33H59NO3SSi/c1-10-12-13-14-15-16-17-18-19-20-21-22-30(37-39(8,9)32(4,5)6)28-33(34-7,27-11-2)38(35,36)31-25-23-29(3)24-26-31/h23-26,30H,10-22,27-28H2,1-6,8-9H3/t30-,33?/m0/s1. The predicted molar refractivity (Wildman–Crippen MR) is 170 cm³/mol. The minimum Gasteiger partial charge on any atom is -0.414 e. The summed E-state index contributed by atoms with van der Waals surface area (Å²) in [6, 6.07) is 6.96. The molecule has 4 nitrogen and oxygen atoms in total. The Morgan fingerprint density at radius 2 is 1.33 bits per heavy atom. The van der Waals surface area contributed by atoms with Gasteiger partial charge in [0, 0.05) is 6.42 Å². The molecule has 0 heterocycles. The van der Waals surface area contributed by atoms with Crippen LogP contribution in [-0.4, -0.2) is 27.7 Å². The van der Waals surface area contributed by atoms with E-state index in [2.05, 4.69) is 45.6 Å². The molecule has 1 unspecified atom stereocenters. The van der Waals surface area contributed by atoms with E-state index in [0.717, 1.165) is 24.8 Å². The fraction of sp³-hybridized carbons (Fsp3) is 0.788. The van der Waals surface area contributed by atoms with Crippen LogP contribution in [0.25, 0.3) is 4.85 Å². The maximum atomic E-state index is 14.0. The summed E-state index contributed by atoms with van der Waals surface area (Å²) < 4.78 is 34.9. The van der Waals surface area contributed by atoms with Crippen molar-refractivity contribution in [2.24, 2.45) is 0 Å². The molecule has 6 heteroatoms. The molecule has 0 radical (unpaired) electrons. The molecular weight excluding hydrogens is 519 g/mol. The summed E-state index contributed by atoms with van der Waals surface area (Å²) in [5.41, 5.74) is 1.01. The van der Waals surface area contributed by atoms with Crippen LogP contribution in [0.3, 0.4) is 0 Å². The summed E-state index contributed by atoms with van der Waals surface area (Å²) in [6.45, 7) is 25.5. The molecule has 0 aliphatic rings. The van der Waals surface area contributed by atoms with Crippen molar-refractivity contribution in [2.45, 2.75) is 172 Å². The molecule has 0 aliphatic heterocycles. The van der Waals surface area contributed by atoms with Gasteiger partial charge in [-0.3, -0.25) is 4.85 Å². The zero-order valence-electron chi connectivity index (χ0n) is 26.6. The van der Waals surface area contributed by atoms with E-state index < -0.39 is 23.0 Å². The van der Waals surface area contributed by atoms with E-state index in [1.165, 1.54) is 57.8 Å². The second kappa shape index (κ2) is 16.9. The Labute approximate surface area is 243 Å². The maximum Gasteiger partial charge on any atom is 0.335 e. The van der Waals surface area contributed by atoms with Crippen LogP contribution in [-0.2, 0) is 14.3 Å². The second-order valence-electron chi connectivity index (χ2n) is 13.2. The summed E-state index contributed by atoms with van der Waals surface area (Å²) in [7, 11) is -6.00. The van der Waals surface area contributed by atoms with Gasteiger partial charge in [0.25, 0.3) is 9.84 Å². The van der Waals surface area contributed by atoms with Gasteiger partial charge in [-0.2, -0.15) is 0 Å². The molecule has 0 amide bonds. The molecule has 0 aromatic heterocycles. The van der Waals surface area contributed by atoms with Gasteiger partial charge in [-0.05, 0) is 50.0 Å². The number of unbranched alkanes of at least 4 members (excludes halogenated alkanes) is 10. The van der Waals surface area contributed by atoms with Crippen molar-refractivity contribution in [3.05, 3.63) is 41.2 Å². The van der Waals surface area contributed by atoms with Gasteiger partial charge in [-0.15, -0.1) is 0 Å². The molecule has 0 spiro atoms. The number of hydrogen-bond acceptors (Lipinski definition) is 3. The zero-order valence-corrected chi connectivity index (χ0v) is 28.4. The lowest BCUT2D eigenvalue weighted by Crippen LogP contribution is -2.47. The highest BCUT2D eigenvalue weighted by atomic mass is 32.2. The molecule has 0 saturated heterocycles. The van der Waals surface area contributed by atoms with Gasteiger partial charge in [-0.25, -0.2) is 15.0 Å². The fourth-order valence-electron chi connectivity index (χ4n) is 5.02. The topological polar surface area (TPSA) is 47.7 Å². The van der Waals surface area contributed by atoms with Crippen LogP contribution < -0.4 is 0 Å². The van der Waals surface area contributed by atoms with E-state index in [4.69, 9.17) is 11.0 Å². The Morgan fingerprint density at radius 3 is 1.77 bits per heavy atom. The predicted octanol–water partition coefficient (Wildman–Crippen LogP) is 10.7. The Balaban J connectivity index is 2.98. The minimum absolute atomic E-state index is 0.0176. The highest BCUT2D eigenvalue weighted by Crippen LogP contribution is 2.42. The monoisotopic (exact) mass is 577 g/mol. The lowest BCUT2D eigenvalue weighted by molar-refractivity contribution is 0.146. The average molecular weight is 578 g/mol. The molecule has 2 atom stereocenters. The van der Waals surface area contributed by atoms with Crippen molar-refractivity contribution in [2.75, 3.05) is 0 Å². The van der Waals surface area contributed by atoms with Gasteiger partial charge in [-0.1, -0.05) is 123 Å². The lowest BCUT2D eigenvalue weighted by atomic mass is 9.99. The van der Waals surface area contributed by atoms with Crippen molar-refractivity contribution in [3.8, 4) is 0 Å². The van der Waals surface area contributed by atoms with E-state index in [-0.39, 0.29) is 22.5 Å². The molecule has 1 aromatic rings. The van der Waals surface area contributed by atoms with Crippen LogP contribution in [0.1, 0.15) is 136 Å². The van der Waals surface area contributed by atoms with Crippen LogP contribution in [0, 0.1) is 13.5 Å². The number of hydrogen-bond donors (Lipinski definition) is 0. The molecule has 1 rings (SSSR count). The third kappa shape index (κ3) is 11.3. The number of nitrogens with zero attached hydrogens (tertiary/aromatic N) is 1. The average Bonchev–Trinajstić information content (AvgIpc) is 2.86. The normalized spacial score (nSPS) is 15.1. The smallest absolute Gasteiger partial charge is 0.335 e. The Morgan fingerprint density at radius 1 is 0.846 bits per heavy atom. The first-order chi connectivity index (χ1) is 18.3. The second-order valence-corrected chi connectivity index (χ2v) is 20.1. The lowest BCUT2D eigenvalue weighted by Gasteiger charge is -2.40. The quantitative estimate of drug-likeness (QED) is 0.0879. The van der Waals surface area contributed by atoms with E-state index in [1.54, 1.807) is 12.1 Å². The SMILES string of the molecule is [C-]#[N+]C(CCC)(C[C@H](CCCCCCCCCCCCC)O[Si](C)(C)C(C)(C)C)S(=O)(=O)c1ccc(C)cc1. The first kappa shape index (κ1) is 35.9. The molecule has 0 N–H and O–H groups in total. The van der Waals surface area contributed by atoms with Crippen LogP contribution in [0.15, 0.2) is 29.2 Å². The third-order valence-electron chi connectivity index (χ3n) is 8.62. The molecule has 0 fully saturated rings. The van der Waals surface area contributed by atoms with E-state index in [0.29, 0.717) is 12.8 Å². The van der Waals surface area contributed by atoms with Gasteiger partial charge < -0.3 is 4.43 Å². The molecule has 224 valence electrons. The summed E-state index contributed by atoms with van der Waals surface area (Å²) in [5, 5.41) is 0.0176. The van der Waals surface area contributed by atoms with Crippen LogP contribution in [0.4, 0.5) is 0 Å². The Bertz CT molecular complexity index is 960. The highest BCUT2D eigenvalue weighted by molar-refractivity contribution is 7.93. The Kier molecular flexibility index (Phi) is 15.6. The number of benzene rings is 1. The molecule has 1 aromatic carbocycles. The first-order valence-corrected chi connectivity index (χ1v) is 20.0. The van der Waals surface area contributed by atoms with Crippen molar-refractivity contribution in [1.29, 1.82) is 0 Å². The molecule has 0 saturated carbocycles. The third-order valence-corrected chi connectivity index (χ3v) is 15.5. The van der Waals surface area contributed by atoms with Crippen molar-refractivity contribution in [1.82, 2.24) is 0 Å². The largest absolute Gasteiger partial charge is 0.414 e. The van der Waals surface area contributed by atoms with E-state index in [1.807, 2.05) is 26.0 Å². The van der Waals surface area contributed by atoms with Crippen LogP contribution in [0.2, 0.25) is 18.1 Å². The first-order valence-electron chi connectivity index (χ1n) is 15.6. The van der Waals surface area contributed by atoms with E-state index in [9.17, 15) is 8.42 Å². The van der Waals surface area contributed by atoms with Gasteiger partial charge in [0.15, 0.2) is 8.32 Å². The van der Waals surface area contributed by atoms with Gasteiger partial charge in [0.1, 0.15) is 0 Å². The summed E-state index contributed by atoms with van der Waals surface area (Å²) >= 11 is 0. The van der Waals surface area contributed by atoms with Gasteiger partial charge in [0.05, 0.1) is 17.4 Å².